The van der Waals surface area contributed by atoms with Gasteiger partial charge in [-0.15, -0.1) is 0 Å². The first-order valence-electron chi connectivity index (χ1n) is 5.78. The van der Waals surface area contributed by atoms with Crippen LogP contribution in [0, 0.1) is 5.82 Å². The smallest absolute Gasteiger partial charge is 0.163 e. The van der Waals surface area contributed by atoms with Crippen LogP contribution in [0.4, 0.5) is 10.1 Å². The Kier molecular flexibility index (Phi) is 3.72. The van der Waals surface area contributed by atoms with Gasteiger partial charge in [-0.1, -0.05) is 24.3 Å². The number of nitrogen functional groups attached to an aromatic ring is 1. The first kappa shape index (κ1) is 12.3. The van der Waals surface area contributed by atoms with Crippen molar-refractivity contribution in [2.45, 2.75) is 12.8 Å². The van der Waals surface area contributed by atoms with E-state index < -0.39 is 0 Å². The fourth-order valence-electron chi connectivity index (χ4n) is 1.77. The number of benzene rings is 2. The monoisotopic (exact) mass is 243 g/mol. The lowest BCUT2D eigenvalue weighted by molar-refractivity contribution is 0.0983. The van der Waals surface area contributed by atoms with Crippen molar-refractivity contribution >= 4 is 11.5 Å². The quantitative estimate of drug-likeness (QED) is 0.661. The van der Waals surface area contributed by atoms with Gasteiger partial charge in [0.1, 0.15) is 5.82 Å². The summed E-state index contributed by atoms with van der Waals surface area (Å²) in [6, 6.07) is 13.1. The van der Waals surface area contributed by atoms with Crippen molar-refractivity contribution < 1.29 is 9.18 Å². The average Bonchev–Trinajstić information content (AvgIpc) is 2.38. The van der Waals surface area contributed by atoms with Gasteiger partial charge in [0.2, 0.25) is 0 Å². The molecule has 0 radical (unpaired) electrons. The standard InChI is InChI=1S/C15H14FNO/c16-13-7-4-11(5-8-13)6-9-15(18)12-2-1-3-14(17)10-12/h1-5,7-8,10H,6,9,17H2. The van der Waals surface area contributed by atoms with Crippen LogP contribution in [0.25, 0.3) is 0 Å². The fraction of sp³-hybridized carbons (Fsp3) is 0.133. The molecule has 2 aromatic carbocycles. The molecule has 0 aromatic heterocycles. The van der Waals surface area contributed by atoms with Gasteiger partial charge in [0.25, 0.3) is 0 Å². The number of Topliss-reactive ketones (excluding diaryl/α,β-unsaturated/α-hetero) is 1. The Balaban J connectivity index is 1.98. The number of aryl methyl sites for hydroxylation is 1. The Labute approximate surface area is 105 Å². The predicted molar refractivity (Wildman–Crippen MR) is 69.9 cm³/mol. The van der Waals surface area contributed by atoms with Crippen molar-refractivity contribution in [2.24, 2.45) is 0 Å². The molecule has 0 saturated carbocycles. The Hall–Kier alpha value is -2.16. The Morgan fingerprint density at radius 1 is 1.11 bits per heavy atom. The van der Waals surface area contributed by atoms with E-state index in [0.717, 1.165) is 5.56 Å². The molecule has 92 valence electrons. The fourth-order valence-corrected chi connectivity index (χ4v) is 1.77. The summed E-state index contributed by atoms with van der Waals surface area (Å²) in [5.74, 6) is -0.215. The van der Waals surface area contributed by atoms with Gasteiger partial charge < -0.3 is 5.73 Å². The molecule has 0 atom stereocenters. The van der Waals surface area contributed by atoms with E-state index >= 15 is 0 Å². The van der Waals surface area contributed by atoms with Crippen molar-refractivity contribution in [3.63, 3.8) is 0 Å². The summed E-state index contributed by atoms with van der Waals surface area (Å²) < 4.78 is 12.7. The Morgan fingerprint density at radius 3 is 2.50 bits per heavy atom. The van der Waals surface area contributed by atoms with E-state index in [9.17, 15) is 9.18 Å². The summed E-state index contributed by atoms with van der Waals surface area (Å²) in [5, 5.41) is 0. The highest BCUT2D eigenvalue weighted by molar-refractivity contribution is 5.96. The van der Waals surface area contributed by atoms with Crippen molar-refractivity contribution in [1.82, 2.24) is 0 Å². The zero-order valence-electron chi connectivity index (χ0n) is 9.90. The molecule has 0 bridgehead atoms. The maximum Gasteiger partial charge on any atom is 0.163 e. The van der Waals surface area contributed by atoms with Crippen LogP contribution in [0.15, 0.2) is 48.5 Å². The molecule has 0 aliphatic rings. The van der Waals surface area contributed by atoms with Crippen LogP contribution in [-0.4, -0.2) is 5.78 Å². The van der Waals surface area contributed by atoms with Crippen LogP contribution in [0.2, 0.25) is 0 Å². The minimum absolute atomic E-state index is 0.0478. The lowest BCUT2D eigenvalue weighted by Gasteiger charge is -2.03. The molecular formula is C15H14FNO. The number of halogens is 1. The van der Waals surface area contributed by atoms with Crippen LogP contribution >= 0.6 is 0 Å². The number of ketones is 1. The van der Waals surface area contributed by atoms with Gasteiger partial charge in [-0.25, -0.2) is 4.39 Å². The second-order valence-electron chi connectivity index (χ2n) is 4.18. The van der Waals surface area contributed by atoms with Crippen LogP contribution in [0.1, 0.15) is 22.3 Å². The molecule has 0 heterocycles. The summed E-state index contributed by atoms with van der Waals surface area (Å²) in [6.45, 7) is 0. The number of hydrogen-bond acceptors (Lipinski definition) is 2. The molecule has 0 spiro atoms. The van der Waals surface area contributed by atoms with E-state index in [1.54, 1.807) is 36.4 Å². The number of anilines is 1. The van der Waals surface area contributed by atoms with E-state index in [2.05, 4.69) is 0 Å². The topological polar surface area (TPSA) is 43.1 Å². The van der Waals surface area contributed by atoms with Gasteiger partial charge in [-0.05, 0) is 36.2 Å². The lowest BCUT2D eigenvalue weighted by atomic mass is 10.0. The molecular weight excluding hydrogens is 229 g/mol. The minimum atomic E-state index is -0.263. The molecule has 0 aliphatic heterocycles. The maximum absolute atomic E-state index is 12.7. The molecule has 2 nitrogen and oxygen atoms in total. The van der Waals surface area contributed by atoms with Crippen LogP contribution < -0.4 is 5.73 Å². The molecule has 0 saturated heterocycles. The average molecular weight is 243 g/mol. The molecule has 2 N–H and O–H groups in total. The Morgan fingerprint density at radius 2 is 1.83 bits per heavy atom. The normalized spacial score (nSPS) is 10.3. The lowest BCUT2D eigenvalue weighted by Crippen LogP contribution is -2.02. The third-order valence-electron chi connectivity index (χ3n) is 2.76. The number of nitrogens with two attached hydrogens (primary N) is 1. The number of carbonyl (C=O) groups excluding carboxylic acids is 1. The SMILES string of the molecule is Nc1cccc(C(=O)CCc2ccc(F)cc2)c1. The van der Waals surface area contributed by atoms with Crippen molar-refractivity contribution in [3.05, 3.63) is 65.5 Å². The molecule has 0 fully saturated rings. The molecule has 2 rings (SSSR count). The second kappa shape index (κ2) is 5.45. The summed E-state index contributed by atoms with van der Waals surface area (Å²) in [4.78, 5) is 11.9. The van der Waals surface area contributed by atoms with E-state index in [1.165, 1.54) is 12.1 Å². The predicted octanol–water partition coefficient (Wildman–Crippen LogP) is 3.22. The highest BCUT2D eigenvalue weighted by Gasteiger charge is 2.06. The largest absolute Gasteiger partial charge is 0.399 e. The zero-order chi connectivity index (χ0) is 13.0. The number of rotatable bonds is 4. The van der Waals surface area contributed by atoms with Crippen LogP contribution in [0.5, 0.6) is 0 Å². The van der Waals surface area contributed by atoms with Gasteiger partial charge in [0.05, 0.1) is 0 Å². The van der Waals surface area contributed by atoms with Crippen molar-refractivity contribution in [2.75, 3.05) is 5.73 Å². The van der Waals surface area contributed by atoms with Crippen molar-refractivity contribution in [1.29, 1.82) is 0 Å². The summed E-state index contributed by atoms with van der Waals surface area (Å²) in [5.41, 5.74) is 7.79. The van der Waals surface area contributed by atoms with Crippen molar-refractivity contribution in [3.8, 4) is 0 Å². The number of carbonyl (C=O) groups is 1. The van der Waals surface area contributed by atoms with E-state index in [0.29, 0.717) is 24.1 Å². The van der Waals surface area contributed by atoms with Gasteiger partial charge >= 0.3 is 0 Å². The van der Waals surface area contributed by atoms with E-state index in [4.69, 9.17) is 5.73 Å². The molecule has 2 aromatic rings. The molecule has 3 heteroatoms. The first-order chi connectivity index (χ1) is 8.65. The third-order valence-corrected chi connectivity index (χ3v) is 2.76. The highest BCUT2D eigenvalue weighted by Crippen LogP contribution is 2.12. The number of hydrogen-bond donors (Lipinski definition) is 1. The van der Waals surface area contributed by atoms with Gasteiger partial charge in [-0.3, -0.25) is 4.79 Å². The first-order valence-corrected chi connectivity index (χ1v) is 5.78. The van der Waals surface area contributed by atoms with Gasteiger partial charge in [0, 0.05) is 17.7 Å². The molecule has 0 unspecified atom stereocenters. The van der Waals surface area contributed by atoms with Crippen LogP contribution in [-0.2, 0) is 6.42 Å². The summed E-state index contributed by atoms with van der Waals surface area (Å²) >= 11 is 0. The maximum atomic E-state index is 12.7. The summed E-state index contributed by atoms with van der Waals surface area (Å²) in [7, 11) is 0. The summed E-state index contributed by atoms with van der Waals surface area (Å²) in [6.07, 6.45) is 1.00. The molecule has 18 heavy (non-hydrogen) atoms. The third kappa shape index (κ3) is 3.17. The molecule has 0 amide bonds. The Bertz CT molecular complexity index is 549. The van der Waals surface area contributed by atoms with Gasteiger partial charge in [-0.2, -0.15) is 0 Å². The van der Waals surface area contributed by atoms with Gasteiger partial charge in [0.15, 0.2) is 5.78 Å². The highest BCUT2D eigenvalue weighted by atomic mass is 19.1. The second-order valence-corrected chi connectivity index (χ2v) is 4.18. The zero-order valence-corrected chi connectivity index (χ0v) is 9.90. The molecule has 0 aliphatic carbocycles. The van der Waals surface area contributed by atoms with E-state index in [1.807, 2.05) is 0 Å². The minimum Gasteiger partial charge on any atom is -0.399 e. The van der Waals surface area contributed by atoms with E-state index in [-0.39, 0.29) is 11.6 Å². The van der Waals surface area contributed by atoms with Crippen LogP contribution in [0.3, 0.4) is 0 Å².